The molecule has 1 amide bonds. The monoisotopic (exact) mass is 461 g/mol. The first kappa shape index (κ1) is 21.0. The largest absolute Gasteiger partial charge is 0.497 e. The molecule has 0 saturated carbocycles. The predicted molar refractivity (Wildman–Crippen MR) is 125 cm³/mol. The average molecular weight is 462 g/mol. The van der Waals surface area contributed by atoms with E-state index in [1.54, 1.807) is 7.11 Å². The maximum atomic E-state index is 13.3. The van der Waals surface area contributed by atoms with Crippen LogP contribution in [-0.4, -0.2) is 33.1 Å². The van der Waals surface area contributed by atoms with Crippen molar-refractivity contribution in [1.29, 1.82) is 0 Å². The van der Waals surface area contributed by atoms with Crippen molar-refractivity contribution in [2.75, 3.05) is 17.9 Å². The van der Waals surface area contributed by atoms with Crippen LogP contribution < -0.4 is 15.5 Å². The van der Waals surface area contributed by atoms with E-state index in [1.807, 2.05) is 59.3 Å². The number of nitrogens with zero attached hydrogens (tertiary/aromatic N) is 3. The van der Waals surface area contributed by atoms with Gasteiger partial charge >= 0.3 is 0 Å². The Hall–Kier alpha value is -3.85. The van der Waals surface area contributed by atoms with E-state index in [9.17, 15) is 9.18 Å². The number of benzene rings is 3. The molecule has 0 unspecified atom stereocenters. The summed E-state index contributed by atoms with van der Waals surface area (Å²) in [5.74, 6) is 0.799. The Kier molecular flexibility index (Phi) is 5.70. The number of carbonyl (C=O) groups is 1. The third kappa shape index (κ3) is 4.27. The average Bonchev–Trinajstić information content (AvgIpc) is 3.28. The Balaban J connectivity index is 1.50. The molecule has 0 aliphatic carbocycles. The van der Waals surface area contributed by atoms with E-state index in [4.69, 9.17) is 4.74 Å². The maximum absolute atomic E-state index is 13.3. The third-order valence-electron chi connectivity index (χ3n) is 5.31. The number of aromatic nitrogens is 3. The van der Waals surface area contributed by atoms with Crippen LogP contribution >= 0.6 is 11.8 Å². The lowest BCUT2D eigenvalue weighted by atomic mass is 10.0. The Labute approximate surface area is 194 Å². The molecule has 0 saturated heterocycles. The van der Waals surface area contributed by atoms with Crippen molar-refractivity contribution >= 4 is 23.4 Å². The Bertz CT molecular complexity index is 1260. The fourth-order valence-electron chi connectivity index (χ4n) is 3.64. The number of rotatable bonds is 5. The molecule has 2 atom stereocenters. The lowest BCUT2D eigenvalue weighted by molar-refractivity contribution is -0.116. The van der Waals surface area contributed by atoms with Gasteiger partial charge in [-0.3, -0.25) is 4.79 Å². The predicted octanol–water partition coefficient (Wildman–Crippen LogP) is 4.49. The molecule has 0 spiro atoms. The summed E-state index contributed by atoms with van der Waals surface area (Å²) in [6.07, 6.45) is 0. The van der Waals surface area contributed by atoms with Crippen LogP contribution in [0.2, 0.25) is 0 Å². The van der Waals surface area contributed by atoms with Gasteiger partial charge in [-0.2, -0.15) is 0 Å². The van der Waals surface area contributed by atoms with Gasteiger partial charge in [0, 0.05) is 11.3 Å². The van der Waals surface area contributed by atoms with Crippen LogP contribution in [0.25, 0.3) is 11.4 Å². The van der Waals surface area contributed by atoms with Crippen LogP contribution in [0.1, 0.15) is 11.6 Å². The van der Waals surface area contributed by atoms with Gasteiger partial charge in [-0.15, -0.1) is 10.2 Å². The van der Waals surface area contributed by atoms with Crippen LogP contribution in [-0.2, 0) is 4.79 Å². The highest BCUT2D eigenvalue weighted by molar-refractivity contribution is 8.00. The summed E-state index contributed by atoms with van der Waals surface area (Å²) in [4.78, 5) is 13.3. The van der Waals surface area contributed by atoms with Crippen LogP contribution in [0, 0.1) is 5.82 Å². The molecule has 1 aliphatic rings. The van der Waals surface area contributed by atoms with E-state index >= 15 is 0 Å². The van der Waals surface area contributed by atoms with Gasteiger partial charge in [0.25, 0.3) is 0 Å². The molecule has 9 heteroatoms. The van der Waals surface area contributed by atoms with Crippen LogP contribution in [0.4, 0.5) is 10.1 Å². The second-order valence-electron chi connectivity index (χ2n) is 7.42. The minimum Gasteiger partial charge on any atom is -0.497 e. The molecule has 0 radical (unpaired) electrons. The second-order valence-corrected chi connectivity index (χ2v) is 8.53. The first-order chi connectivity index (χ1) is 16.1. The zero-order chi connectivity index (χ0) is 22.8. The number of carbonyl (C=O) groups excluding carboxylic acids is 1. The van der Waals surface area contributed by atoms with Crippen LogP contribution in [0.5, 0.6) is 5.75 Å². The van der Waals surface area contributed by atoms with Crippen molar-refractivity contribution in [2.45, 2.75) is 16.4 Å². The number of methoxy groups -OCH3 is 1. The first-order valence-electron chi connectivity index (χ1n) is 10.3. The number of hydrogen-bond donors (Lipinski definition) is 2. The Morgan fingerprint density at radius 3 is 2.45 bits per heavy atom. The number of halogens is 1. The van der Waals surface area contributed by atoms with Gasteiger partial charge in [0.2, 0.25) is 11.1 Å². The van der Waals surface area contributed by atoms with E-state index in [-0.39, 0.29) is 17.8 Å². The highest BCUT2D eigenvalue weighted by Gasteiger charge is 2.38. The standard InChI is InChI=1S/C24H20FN5O2S/c1-32-19-13-7-15(8-14-19)20-21(23(31)26-18-11-9-17(25)10-12-18)33-24-28-27-22(30(24)29-20)16-5-3-2-4-6-16/h2-14,20-21,29H,1H3,(H,26,31)/t20-,21-/m0/s1. The number of hydrogen-bond acceptors (Lipinski definition) is 6. The molecule has 4 aromatic rings. The molecule has 2 N–H and O–H groups in total. The normalized spacial score (nSPS) is 17.0. The second kappa shape index (κ2) is 8.95. The lowest BCUT2D eigenvalue weighted by Gasteiger charge is -2.33. The number of ether oxygens (including phenoxy) is 1. The summed E-state index contributed by atoms with van der Waals surface area (Å²) >= 11 is 1.33. The molecule has 0 bridgehead atoms. The third-order valence-corrected chi connectivity index (χ3v) is 6.53. The lowest BCUT2D eigenvalue weighted by Crippen LogP contribution is -2.41. The Morgan fingerprint density at radius 1 is 1.03 bits per heavy atom. The van der Waals surface area contributed by atoms with Crippen molar-refractivity contribution in [3.8, 4) is 17.1 Å². The molecule has 5 rings (SSSR count). The number of fused-ring (bicyclic) bond motifs is 1. The van der Waals surface area contributed by atoms with Gasteiger partial charge in [0.15, 0.2) is 5.82 Å². The van der Waals surface area contributed by atoms with Gasteiger partial charge in [-0.1, -0.05) is 54.2 Å². The van der Waals surface area contributed by atoms with Crippen molar-refractivity contribution in [2.24, 2.45) is 0 Å². The van der Waals surface area contributed by atoms with Gasteiger partial charge in [0.05, 0.1) is 13.2 Å². The molecule has 0 fully saturated rings. The van der Waals surface area contributed by atoms with Crippen LogP contribution in [0.15, 0.2) is 84.0 Å². The van der Waals surface area contributed by atoms with Gasteiger partial charge in [-0.25, -0.2) is 9.07 Å². The minimum absolute atomic E-state index is 0.226. The first-order valence-corrected chi connectivity index (χ1v) is 11.1. The molecule has 1 aromatic heterocycles. The van der Waals surface area contributed by atoms with E-state index in [0.29, 0.717) is 16.7 Å². The molecule has 2 heterocycles. The summed E-state index contributed by atoms with van der Waals surface area (Å²) in [6, 6.07) is 22.6. The summed E-state index contributed by atoms with van der Waals surface area (Å²) in [6.45, 7) is 0. The zero-order valence-electron chi connectivity index (χ0n) is 17.6. The maximum Gasteiger partial charge on any atom is 0.240 e. The van der Waals surface area contributed by atoms with E-state index in [0.717, 1.165) is 16.9 Å². The summed E-state index contributed by atoms with van der Waals surface area (Å²) in [7, 11) is 1.61. The minimum atomic E-state index is -0.552. The molecule has 33 heavy (non-hydrogen) atoms. The van der Waals surface area contributed by atoms with Crippen molar-refractivity contribution < 1.29 is 13.9 Å². The van der Waals surface area contributed by atoms with Gasteiger partial charge < -0.3 is 15.5 Å². The van der Waals surface area contributed by atoms with Crippen LogP contribution in [0.3, 0.4) is 0 Å². The zero-order valence-corrected chi connectivity index (χ0v) is 18.4. The van der Waals surface area contributed by atoms with Crippen molar-refractivity contribution in [3.63, 3.8) is 0 Å². The van der Waals surface area contributed by atoms with Crippen molar-refractivity contribution in [3.05, 3.63) is 90.2 Å². The SMILES string of the molecule is COc1ccc([C@@H]2Nn3c(nnc3-c3ccccc3)S[C@@H]2C(=O)Nc2ccc(F)cc2)cc1. The number of amides is 1. The van der Waals surface area contributed by atoms with E-state index in [1.165, 1.54) is 36.0 Å². The summed E-state index contributed by atoms with van der Waals surface area (Å²) in [5, 5.41) is 11.6. The van der Waals surface area contributed by atoms with E-state index in [2.05, 4.69) is 20.9 Å². The summed E-state index contributed by atoms with van der Waals surface area (Å²) in [5.41, 5.74) is 5.77. The fourth-order valence-corrected chi connectivity index (χ4v) is 4.72. The summed E-state index contributed by atoms with van der Waals surface area (Å²) < 4.78 is 20.4. The quantitative estimate of drug-likeness (QED) is 0.456. The van der Waals surface area contributed by atoms with Gasteiger partial charge in [0.1, 0.15) is 16.8 Å². The molecule has 1 aliphatic heterocycles. The highest BCUT2D eigenvalue weighted by Crippen LogP contribution is 2.39. The van der Waals surface area contributed by atoms with Gasteiger partial charge in [-0.05, 0) is 42.0 Å². The molecule has 166 valence electrons. The molecule has 7 nitrogen and oxygen atoms in total. The number of thioether (sulfide) groups is 1. The molecular formula is C24H20FN5O2S. The highest BCUT2D eigenvalue weighted by atomic mass is 32.2. The molecule has 3 aromatic carbocycles. The number of nitrogens with one attached hydrogen (secondary N) is 2. The smallest absolute Gasteiger partial charge is 0.240 e. The van der Waals surface area contributed by atoms with Crippen molar-refractivity contribution in [1.82, 2.24) is 14.9 Å². The molecular weight excluding hydrogens is 441 g/mol. The van der Waals surface area contributed by atoms with E-state index < -0.39 is 5.25 Å². The number of anilines is 1. The Morgan fingerprint density at radius 2 is 1.76 bits per heavy atom. The topological polar surface area (TPSA) is 81.1 Å². The fraction of sp³-hybridized carbons (Fsp3) is 0.125.